The number of rotatable bonds is 9. The summed E-state index contributed by atoms with van der Waals surface area (Å²) in [6.07, 6.45) is 1.35. The van der Waals surface area contributed by atoms with E-state index in [9.17, 15) is 24.5 Å². The molecule has 3 rings (SSSR count). The minimum absolute atomic E-state index is 0.0334. The van der Waals surface area contributed by atoms with Gasteiger partial charge in [0.05, 0.1) is 18.0 Å². The van der Waals surface area contributed by atoms with Gasteiger partial charge in [-0.1, -0.05) is 19.1 Å². The van der Waals surface area contributed by atoms with Crippen LogP contribution in [0.1, 0.15) is 35.7 Å². The first-order valence-corrected chi connectivity index (χ1v) is 10.6. The third-order valence-corrected chi connectivity index (χ3v) is 5.54. The lowest BCUT2D eigenvalue weighted by molar-refractivity contribution is -0.138. The molecule has 2 aliphatic heterocycles. The van der Waals surface area contributed by atoms with Crippen LogP contribution in [0, 0.1) is 0 Å². The van der Waals surface area contributed by atoms with Gasteiger partial charge in [0.25, 0.3) is 0 Å². The number of aromatic carboxylic acids is 1. The molecule has 2 heterocycles. The molecule has 0 aromatic heterocycles. The Morgan fingerprint density at radius 2 is 2.10 bits per heavy atom. The maximum absolute atomic E-state index is 12.5. The van der Waals surface area contributed by atoms with Crippen LogP contribution in [0.15, 0.2) is 18.2 Å². The Kier molecular flexibility index (Phi) is 7.88. The van der Waals surface area contributed by atoms with Crippen molar-refractivity contribution in [2.75, 3.05) is 32.7 Å². The van der Waals surface area contributed by atoms with E-state index in [2.05, 4.69) is 16.0 Å². The summed E-state index contributed by atoms with van der Waals surface area (Å²) in [5.74, 6) is -2.24. The summed E-state index contributed by atoms with van der Waals surface area (Å²) in [6, 6.07) is 4.80. The fraction of sp³-hybridized carbons (Fsp3) is 0.550. The van der Waals surface area contributed by atoms with Crippen molar-refractivity contribution in [2.45, 2.75) is 38.2 Å². The molecule has 0 bridgehead atoms. The highest BCUT2D eigenvalue weighted by Crippen LogP contribution is 2.30. The molecule has 31 heavy (non-hydrogen) atoms. The Labute approximate surface area is 181 Å². The van der Waals surface area contributed by atoms with E-state index < -0.39 is 24.9 Å². The van der Waals surface area contributed by atoms with Crippen molar-refractivity contribution in [1.82, 2.24) is 20.9 Å². The van der Waals surface area contributed by atoms with E-state index in [0.29, 0.717) is 18.5 Å². The first-order chi connectivity index (χ1) is 14.9. The van der Waals surface area contributed by atoms with Gasteiger partial charge in [-0.25, -0.2) is 4.79 Å². The molecule has 2 aliphatic rings. The predicted molar refractivity (Wildman–Crippen MR) is 114 cm³/mol. The third kappa shape index (κ3) is 5.96. The number of likely N-dealkylation sites (tertiary alicyclic amines) is 1. The van der Waals surface area contributed by atoms with Crippen LogP contribution in [-0.4, -0.2) is 84.6 Å². The van der Waals surface area contributed by atoms with Crippen molar-refractivity contribution in [2.24, 2.45) is 0 Å². The number of fused-ring (bicyclic) bond motifs is 1. The molecule has 10 nitrogen and oxygen atoms in total. The highest BCUT2D eigenvalue weighted by atomic mass is 16.5. The zero-order valence-electron chi connectivity index (χ0n) is 17.6. The van der Waals surface area contributed by atoms with E-state index >= 15 is 0 Å². The number of para-hydroxylation sites is 1. The Morgan fingerprint density at radius 1 is 1.29 bits per heavy atom. The molecule has 1 aromatic rings. The molecular formula is C20H29BN4O6. The maximum Gasteiger partial charge on any atom is 0.547 e. The van der Waals surface area contributed by atoms with Gasteiger partial charge in [-0.3, -0.25) is 9.59 Å². The number of nitrogens with zero attached hydrogens (tertiary/aromatic N) is 1. The summed E-state index contributed by atoms with van der Waals surface area (Å²) in [4.78, 5) is 37.7. The first-order valence-electron chi connectivity index (χ1n) is 10.6. The standard InChI is InChI=1S/C20H29BN4O6/c1-2-22-7-8-23-14-6-9-25(18(27)11-14)12-17(26)24-16-10-13-4-3-5-15(20(28)29)19(13)31-21(16)30/h3-5,14,16,22-23,30H,2,6-12H2,1H3,(H,24,26)(H,28,29). The van der Waals surface area contributed by atoms with Crippen molar-refractivity contribution < 1.29 is 29.2 Å². The molecule has 11 heteroatoms. The lowest BCUT2D eigenvalue weighted by Gasteiger charge is -2.33. The number of piperidine rings is 1. The van der Waals surface area contributed by atoms with E-state index in [-0.39, 0.29) is 36.2 Å². The molecule has 168 valence electrons. The second-order valence-corrected chi connectivity index (χ2v) is 7.80. The number of amides is 2. The van der Waals surface area contributed by atoms with Crippen LogP contribution in [0.3, 0.4) is 0 Å². The maximum atomic E-state index is 12.5. The molecule has 2 atom stereocenters. The number of nitrogens with one attached hydrogen (secondary N) is 3. The Morgan fingerprint density at radius 3 is 2.81 bits per heavy atom. The van der Waals surface area contributed by atoms with E-state index in [1.54, 1.807) is 12.1 Å². The Balaban J connectivity index is 1.49. The molecule has 0 radical (unpaired) electrons. The summed E-state index contributed by atoms with van der Waals surface area (Å²) in [5.41, 5.74) is 0.560. The monoisotopic (exact) mass is 432 g/mol. The average Bonchev–Trinajstić information content (AvgIpc) is 2.73. The smallest absolute Gasteiger partial charge is 0.534 e. The van der Waals surface area contributed by atoms with E-state index in [1.165, 1.54) is 11.0 Å². The van der Waals surface area contributed by atoms with Gasteiger partial charge in [-0.15, -0.1) is 0 Å². The first kappa shape index (κ1) is 23.0. The highest BCUT2D eigenvalue weighted by molar-refractivity contribution is 6.47. The van der Waals surface area contributed by atoms with Gasteiger partial charge >= 0.3 is 13.1 Å². The number of likely N-dealkylation sites (N-methyl/N-ethyl adjacent to an activating group) is 1. The fourth-order valence-electron chi connectivity index (χ4n) is 3.90. The van der Waals surface area contributed by atoms with E-state index in [1.807, 2.05) is 6.92 Å². The lowest BCUT2D eigenvalue weighted by atomic mass is 9.72. The number of hydrogen-bond acceptors (Lipinski definition) is 7. The topological polar surface area (TPSA) is 140 Å². The molecule has 2 amide bonds. The summed E-state index contributed by atoms with van der Waals surface area (Å²) < 4.78 is 5.38. The quantitative estimate of drug-likeness (QED) is 0.248. The fourth-order valence-corrected chi connectivity index (χ4v) is 3.90. The van der Waals surface area contributed by atoms with Crippen LogP contribution in [0.25, 0.3) is 0 Å². The SMILES string of the molecule is CCNCCNC1CCN(CC(=O)NC2Cc3cccc(C(=O)O)c3OB2O)C(=O)C1. The zero-order valence-corrected chi connectivity index (χ0v) is 17.6. The molecule has 0 spiro atoms. The second kappa shape index (κ2) is 10.6. The van der Waals surface area contributed by atoms with Gasteiger partial charge in [-0.2, -0.15) is 0 Å². The molecule has 1 fully saturated rings. The van der Waals surface area contributed by atoms with Crippen molar-refractivity contribution >= 4 is 24.9 Å². The van der Waals surface area contributed by atoms with Crippen molar-refractivity contribution in [3.8, 4) is 5.75 Å². The van der Waals surface area contributed by atoms with Gasteiger partial charge in [0.15, 0.2) is 0 Å². The number of carbonyl (C=O) groups is 3. The molecule has 5 N–H and O–H groups in total. The predicted octanol–water partition coefficient (Wildman–Crippen LogP) is -0.986. The van der Waals surface area contributed by atoms with Gasteiger partial charge in [-0.05, 0) is 31.0 Å². The van der Waals surface area contributed by atoms with Crippen molar-refractivity contribution in [3.05, 3.63) is 29.3 Å². The van der Waals surface area contributed by atoms with Gasteiger partial charge in [0, 0.05) is 32.1 Å². The minimum atomic E-state index is -1.38. The summed E-state index contributed by atoms with van der Waals surface area (Å²) in [6.45, 7) is 4.97. The minimum Gasteiger partial charge on any atom is -0.534 e. The molecule has 1 saturated heterocycles. The van der Waals surface area contributed by atoms with Gasteiger partial charge < -0.3 is 35.6 Å². The van der Waals surface area contributed by atoms with Crippen LogP contribution >= 0.6 is 0 Å². The molecule has 0 saturated carbocycles. The van der Waals surface area contributed by atoms with Crippen LogP contribution in [0.2, 0.25) is 0 Å². The largest absolute Gasteiger partial charge is 0.547 e. The summed E-state index contributed by atoms with van der Waals surface area (Å²) in [7, 11) is -1.38. The Hall–Kier alpha value is -2.63. The Bertz CT molecular complexity index is 823. The summed E-state index contributed by atoms with van der Waals surface area (Å²) in [5, 5.41) is 28.8. The number of carboxylic acids is 1. The summed E-state index contributed by atoms with van der Waals surface area (Å²) >= 11 is 0. The second-order valence-electron chi connectivity index (χ2n) is 7.80. The number of benzene rings is 1. The van der Waals surface area contributed by atoms with E-state index in [4.69, 9.17) is 4.65 Å². The van der Waals surface area contributed by atoms with Crippen molar-refractivity contribution in [3.63, 3.8) is 0 Å². The van der Waals surface area contributed by atoms with Crippen LogP contribution in [-0.2, 0) is 16.0 Å². The third-order valence-electron chi connectivity index (χ3n) is 5.54. The van der Waals surface area contributed by atoms with Crippen molar-refractivity contribution in [1.29, 1.82) is 0 Å². The number of hydrogen-bond donors (Lipinski definition) is 5. The van der Waals surface area contributed by atoms with Crippen LogP contribution < -0.4 is 20.6 Å². The van der Waals surface area contributed by atoms with E-state index in [0.717, 1.165) is 26.1 Å². The van der Waals surface area contributed by atoms with Gasteiger partial charge in [0.1, 0.15) is 5.75 Å². The number of carboxylic acid groups (broad SMARTS) is 1. The average molecular weight is 432 g/mol. The molecule has 2 unspecified atom stereocenters. The highest BCUT2D eigenvalue weighted by Gasteiger charge is 2.38. The van der Waals surface area contributed by atoms with Gasteiger partial charge in [0.2, 0.25) is 11.8 Å². The number of carbonyl (C=O) groups excluding carboxylic acids is 2. The molecular weight excluding hydrogens is 403 g/mol. The van der Waals surface area contributed by atoms with Crippen LogP contribution in [0.4, 0.5) is 0 Å². The zero-order chi connectivity index (χ0) is 22.4. The van der Waals surface area contributed by atoms with Crippen LogP contribution in [0.5, 0.6) is 5.75 Å². The molecule has 1 aromatic carbocycles. The normalized spacial score (nSPS) is 20.8. The molecule has 0 aliphatic carbocycles. The lowest BCUT2D eigenvalue weighted by Crippen LogP contribution is -2.56.